The van der Waals surface area contributed by atoms with E-state index in [-0.39, 0.29) is 52.4 Å². The van der Waals surface area contributed by atoms with Crippen LogP contribution < -0.4 is 0 Å². The molecule has 1 unspecified atom stereocenters. The molecule has 0 fully saturated rings. The van der Waals surface area contributed by atoms with Gasteiger partial charge in [-0.3, -0.25) is 38.7 Å². The van der Waals surface area contributed by atoms with Gasteiger partial charge in [-0.25, -0.2) is 0 Å². The molecular formula is C23H33N3O11. The van der Waals surface area contributed by atoms with Gasteiger partial charge in [-0.05, 0) is 5.56 Å². The first kappa shape index (κ1) is 31.4. The van der Waals surface area contributed by atoms with Gasteiger partial charge in [0.25, 0.3) is 0 Å². The minimum atomic E-state index is -1.31. The Morgan fingerprint density at radius 3 is 1.68 bits per heavy atom. The van der Waals surface area contributed by atoms with E-state index in [1.807, 2.05) is 6.07 Å². The molecule has 1 aromatic rings. The molecule has 0 heterocycles. The highest BCUT2D eigenvalue weighted by molar-refractivity contribution is 5.75. The van der Waals surface area contributed by atoms with E-state index in [4.69, 9.17) is 14.9 Å². The first-order chi connectivity index (χ1) is 17.5. The summed E-state index contributed by atoms with van der Waals surface area (Å²) in [7, 11) is 0. The first-order valence-electron chi connectivity index (χ1n) is 11.4. The van der Waals surface area contributed by atoms with Crippen LogP contribution in [0.1, 0.15) is 12.0 Å². The summed E-state index contributed by atoms with van der Waals surface area (Å²) in [5.74, 6) is -6.07. The van der Waals surface area contributed by atoms with Crippen LogP contribution in [-0.4, -0.2) is 135 Å². The summed E-state index contributed by atoms with van der Waals surface area (Å²) < 4.78 is 5.51. The molecule has 0 aliphatic carbocycles. The number of ether oxygens (including phenoxy) is 1. The molecule has 0 saturated heterocycles. The van der Waals surface area contributed by atoms with Crippen LogP contribution >= 0.6 is 0 Å². The summed E-state index contributed by atoms with van der Waals surface area (Å²) in [5.41, 5.74) is 0.804. The lowest BCUT2D eigenvalue weighted by Crippen LogP contribution is -2.50. The maximum atomic E-state index is 11.9. The number of carboxylic acid groups (broad SMARTS) is 5. The van der Waals surface area contributed by atoms with Gasteiger partial charge in [-0.1, -0.05) is 30.3 Å². The number of hydrogen-bond acceptors (Lipinski definition) is 9. The number of rotatable bonds is 21. The molecule has 0 bridgehead atoms. The summed E-state index contributed by atoms with van der Waals surface area (Å²) in [6.07, 6.45) is -0.304. The quantitative estimate of drug-likeness (QED) is 0.134. The van der Waals surface area contributed by atoms with Crippen molar-refractivity contribution in [3.05, 3.63) is 35.9 Å². The molecule has 14 nitrogen and oxygen atoms in total. The number of aliphatic carboxylic acids is 5. The predicted molar refractivity (Wildman–Crippen MR) is 127 cm³/mol. The lowest BCUT2D eigenvalue weighted by molar-refractivity contribution is -0.149. The van der Waals surface area contributed by atoms with Crippen LogP contribution in [0.15, 0.2) is 30.3 Å². The van der Waals surface area contributed by atoms with Crippen LogP contribution in [0.5, 0.6) is 0 Å². The standard InChI is InChI=1S/C23H33N3O11/c27-19(28)6-7-24(12-20(29)30)8-9-25(13-21(31)32)10-11-26(14-22(33)34)18(23(35)36)16-37-15-17-4-2-1-3-5-17/h1-5,18H,6-16H2,(H,27,28)(H,29,30)(H,31,32)(H,33,34)(H,35,36). The number of carboxylic acids is 5. The van der Waals surface area contributed by atoms with Crippen molar-refractivity contribution in [3.8, 4) is 0 Å². The minimum Gasteiger partial charge on any atom is -0.481 e. The van der Waals surface area contributed by atoms with Crippen molar-refractivity contribution in [2.75, 3.05) is 59.0 Å². The molecule has 5 N–H and O–H groups in total. The summed E-state index contributed by atoms with van der Waals surface area (Å²) in [4.78, 5) is 60.5. The fourth-order valence-corrected chi connectivity index (χ4v) is 3.44. The molecule has 206 valence electrons. The Bertz CT molecular complexity index is 897. The molecule has 1 rings (SSSR count). The Morgan fingerprint density at radius 2 is 1.19 bits per heavy atom. The van der Waals surface area contributed by atoms with Crippen molar-refractivity contribution in [1.82, 2.24) is 14.7 Å². The Labute approximate surface area is 213 Å². The highest BCUT2D eigenvalue weighted by atomic mass is 16.5. The van der Waals surface area contributed by atoms with Crippen LogP contribution in [0.2, 0.25) is 0 Å². The molecule has 0 radical (unpaired) electrons. The molecule has 0 amide bonds. The van der Waals surface area contributed by atoms with Gasteiger partial charge in [-0.15, -0.1) is 0 Å². The molecule has 0 aliphatic rings. The molecule has 0 saturated carbocycles. The van der Waals surface area contributed by atoms with Crippen LogP contribution in [0, 0.1) is 0 Å². The first-order valence-corrected chi connectivity index (χ1v) is 11.4. The zero-order valence-electron chi connectivity index (χ0n) is 20.3. The van der Waals surface area contributed by atoms with E-state index in [0.717, 1.165) is 10.5 Å². The van der Waals surface area contributed by atoms with Crippen LogP contribution in [0.25, 0.3) is 0 Å². The molecule has 1 atom stereocenters. The van der Waals surface area contributed by atoms with Crippen molar-refractivity contribution in [3.63, 3.8) is 0 Å². The van der Waals surface area contributed by atoms with Crippen molar-refractivity contribution < 1.29 is 54.2 Å². The number of hydrogen-bond donors (Lipinski definition) is 5. The van der Waals surface area contributed by atoms with Crippen molar-refractivity contribution >= 4 is 29.8 Å². The summed E-state index contributed by atoms with van der Waals surface area (Å²) >= 11 is 0. The topological polar surface area (TPSA) is 205 Å². The molecule has 14 heteroatoms. The Morgan fingerprint density at radius 1 is 0.676 bits per heavy atom. The normalized spacial score (nSPS) is 12.1. The number of benzene rings is 1. The fraction of sp³-hybridized carbons (Fsp3) is 0.522. The largest absolute Gasteiger partial charge is 0.481 e. The van der Waals surface area contributed by atoms with Crippen molar-refractivity contribution in [2.24, 2.45) is 0 Å². The molecule has 37 heavy (non-hydrogen) atoms. The zero-order valence-corrected chi connectivity index (χ0v) is 20.3. The highest BCUT2D eigenvalue weighted by Gasteiger charge is 2.28. The van der Waals surface area contributed by atoms with Crippen LogP contribution in [-0.2, 0) is 35.3 Å². The zero-order chi connectivity index (χ0) is 27.8. The van der Waals surface area contributed by atoms with E-state index in [1.165, 1.54) is 9.80 Å². The third-order valence-corrected chi connectivity index (χ3v) is 5.25. The Balaban J connectivity index is 2.85. The van der Waals surface area contributed by atoms with Crippen molar-refractivity contribution in [1.29, 1.82) is 0 Å². The molecule has 1 aromatic carbocycles. The lowest BCUT2D eigenvalue weighted by Gasteiger charge is -2.31. The third-order valence-electron chi connectivity index (χ3n) is 5.25. The summed E-state index contributed by atoms with van der Waals surface area (Å²) in [6, 6.07) is 7.66. The lowest BCUT2D eigenvalue weighted by atomic mass is 10.2. The molecular weight excluding hydrogens is 494 g/mol. The van der Waals surface area contributed by atoms with Gasteiger partial charge in [0.05, 0.1) is 39.3 Å². The maximum absolute atomic E-state index is 11.9. The fourth-order valence-electron chi connectivity index (χ4n) is 3.44. The second kappa shape index (κ2) is 17.0. The van der Waals surface area contributed by atoms with E-state index >= 15 is 0 Å². The van der Waals surface area contributed by atoms with Crippen molar-refractivity contribution in [2.45, 2.75) is 19.1 Å². The summed E-state index contributed by atoms with van der Waals surface area (Å²) in [5, 5.41) is 46.2. The Hall–Kier alpha value is -3.59. The molecule has 0 aromatic heterocycles. The Kier molecular flexibility index (Phi) is 14.4. The average molecular weight is 528 g/mol. The van der Waals surface area contributed by atoms with Gasteiger partial charge in [0, 0.05) is 32.7 Å². The third kappa shape index (κ3) is 14.5. The predicted octanol–water partition coefficient (Wildman–Crippen LogP) is -0.709. The van der Waals surface area contributed by atoms with E-state index in [9.17, 15) is 39.3 Å². The average Bonchev–Trinajstić information content (AvgIpc) is 2.80. The van der Waals surface area contributed by atoms with E-state index in [1.54, 1.807) is 24.3 Å². The van der Waals surface area contributed by atoms with Gasteiger partial charge in [0.1, 0.15) is 6.04 Å². The van der Waals surface area contributed by atoms with Gasteiger partial charge < -0.3 is 30.3 Å². The second-order valence-electron chi connectivity index (χ2n) is 8.20. The van der Waals surface area contributed by atoms with Gasteiger partial charge >= 0.3 is 29.8 Å². The van der Waals surface area contributed by atoms with Crippen LogP contribution in [0.3, 0.4) is 0 Å². The maximum Gasteiger partial charge on any atom is 0.323 e. The smallest absolute Gasteiger partial charge is 0.323 e. The molecule has 0 spiro atoms. The van der Waals surface area contributed by atoms with E-state index < -0.39 is 55.5 Å². The van der Waals surface area contributed by atoms with Gasteiger partial charge in [0.15, 0.2) is 0 Å². The van der Waals surface area contributed by atoms with E-state index in [2.05, 4.69) is 0 Å². The monoisotopic (exact) mass is 527 g/mol. The highest BCUT2D eigenvalue weighted by Crippen LogP contribution is 2.07. The second-order valence-corrected chi connectivity index (χ2v) is 8.20. The number of carbonyl (C=O) groups is 5. The molecule has 0 aliphatic heterocycles. The minimum absolute atomic E-state index is 0.0301. The number of nitrogens with zero attached hydrogens (tertiary/aromatic N) is 3. The SMILES string of the molecule is O=C(O)CCN(CCN(CCN(CC(=O)O)C(COCc1ccccc1)C(=O)O)CC(=O)O)CC(=O)O. The van der Waals surface area contributed by atoms with Crippen LogP contribution in [0.4, 0.5) is 0 Å². The van der Waals surface area contributed by atoms with Gasteiger partial charge in [0.2, 0.25) is 0 Å². The van der Waals surface area contributed by atoms with Gasteiger partial charge in [-0.2, -0.15) is 0 Å². The summed E-state index contributed by atoms with van der Waals surface area (Å²) in [6.45, 7) is -1.89. The van der Waals surface area contributed by atoms with E-state index in [0.29, 0.717) is 0 Å².